The number of hydrogen-bond acceptors (Lipinski definition) is 2. The molecule has 2 N–H and O–H groups in total. The maximum atomic E-state index is 5.83. The number of piperidine rings is 1. The zero-order valence-corrected chi connectivity index (χ0v) is 9.29. The minimum Gasteiger partial charge on any atom is -0.327 e. The van der Waals surface area contributed by atoms with Gasteiger partial charge in [0, 0.05) is 25.2 Å². The summed E-state index contributed by atoms with van der Waals surface area (Å²) in [6, 6.07) is 1.06. The Balaban J connectivity index is 2.40. The Morgan fingerprint density at radius 2 is 2.15 bits per heavy atom. The average molecular weight is 184 g/mol. The predicted octanol–water partition coefficient (Wildman–Crippen LogP) is 1.84. The lowest BCUT2D eigenvalue weighted by Crippen LogP contribution is -2.46. The van der Waals surface area contributed by atoms with E-state index in [1.807, 2.05) is 0 Å². The second kappa shape index (κ2) is 4.97. The van der Waals surface area contributed by atoms with Crippen LogP contribution in [-0.2, 0) is 0 Å². The monoisotopic (exact) mass is 184 g/mol. The molecule has 0 spiro atoms. The fourth-order valence-electron chi connectivity index (χ4n) is 2.22. The topological polar surface area (TPSA) is 29.3 Å². The summed E-state index contributed by atoms with van der Waals surface area (Å²) in [5.74, 6) is 0.912. The minimum absolute atomic E-state index is 0.318. The van der Waals surface area contributed by atoms with Gasteiger partial charge in [0.15, 0.2) is 0 Å². The molecule has 2 heteroatoms. The van der Waals surface area contributed by atoms with E-state index in [0.717, 1.165) is 18.5 Å². The minimum atomic E-state index is 0.318. The van der Waals surface area contributed by atoms with Crippen molar-refractivity contribution < 1.29 is 0 Å². The van der Waals surface area contributed by atoms with Crippen LogP contribution in [0.3, 0.4) is 0 Å². The Hall–Kier alpha value is -0.0800. The fraction of sp³-hybridized carbons (Fsp3) is 1.00. The first-order chi connectivity index (χ1) is 6.13. The van der Waals surface area contributed by atoms with Crippen LogP contribution < -0.4 is 5.73 Å². The zero-order chi connectivity index (χ0) is 9.84. The lowest BCUT2D eigenvalue weighted by molar-refractivity contribution is 0.111. The standard InChI is InChI=1S/C11H24N2/c1-4-11-6-5-10(3)13(8-11)7-9(2)12/h9-11H,4-8,12H2,1-3H3/t9-,10-,11+/m0/s1. The van der Waals surface area contributed by atoms with Gasteiger partial charge in [0.2, 0.25) is 0 Å². The van der Waals surface area contributed by atoms with Crippen LogP contribution in [0, 0.1) is 5.92 Å². The third-order valence-corrected chi connectivity index (χ3v) is 3.21. The molecule has 0 bridgehead atoms. The smallest absolute Gasteiger partial charge is 0.0139 e. The molecule has 1 aliphatic rings. The summed E-state index contributed by atoms with van der Waals surface area (Å²) in [5.41, 5.74) is 5.83. The molecule has 2 nitrogen and oxygen atoms in total. The van der Waals surface area contributed by atoms with Crippen LogP contribution in [-0.4, -0.2) is 30.1 Å². The first-order valence-electron chi connectivity index (χ1n) is 5.63. The maximum absolute atomic E-state index is 5.83. The molecule has 13 heavy (non-hydrogen) atoms. The van der Waals surface area contributed by atoms with Crippen molar-refractivity contribution in [2.24, 2.45) is 11.7 Å². The molecule has 0 saturated carbocycles. The normalized spacial score (nSPS) is 33.2. The highest BCUT2D eigenvalue weighted by molar-refractivity contribution is 4.79. The van der Waals surface area contributed by atoms with E-state index in [4.69, 9.17) is 5.73 Å². The van der Waals surface area contributed by atoms with Gasteiger partial charge in [0.25, 0.3) is 0 Å². The van der Waals surface area contributed by atoms with E-state index >= 15 is 0 Å². The van der Waals surface area contributed by atoms with Crippen molar-refractivity contribution in [2.75, 3.05) is 13.1 Å². The Kier molecular flexibility index (Phi) is 4.20. The van der Waals surface area contributed by atoms with Gasteiger partial charge >= 0.3 is 0 Å². The van der Waals surface area contributed by atoms with E-state index < -0.39 is 0 Å². The predicted molar refractivity (Wildman–Crippen MR) is 57.7 cm³/mol. The van der Waals surface area contributed by atoms with Gasteiger partial charge in [-0.05, 0) is 32.6 Å². The van der Waals surface area contributed by atoms with Crippen LogP contribution in [0.15, 0.2) is 0 Å². The molecule has 0 aromatic rings. The van der Waals surface area contributed by atoms with E-state index in [-0.39, 0.29) is 0 Å². The van der Waals surface area contributed by atoms with Crippen molar-refractivity contribution in [2.45, 2.75) is 52.1 Å². The second-order valence-corrected chi connectivity index (χ2v) is 4.63. The lowest BCUT2D eigenvalue weighted by Gasteiger charge is -2.38. The molecule has 1 fully saturated rings. The summed E-state index contributed by atoms with van der Waals surface area (Å²) in [6.45, 7) is 9.05. The van der Waals surface area contributed by atoms with Crippen molar-refractivity contribution in [3.8, 4) is 0 Å². The van der Waals surface area contributed by atoms with E-state index in [2.05, 4.69) is 25.7 Å². The third-order valence-electron chi connectivity index (χ3n) is 3.21. The number of rotatable bonds is 3. The van der Waals surface area contributed by atoms with E-state index in [9.17, 15) is 0 Å². The quantitative estimate of drug-likeness (QED) is 0.725. The summed E-state index contributed by atoms with van der Waals surface area (Å²) in [7, 11) is 0. The van der Waals surface area contributed by atoms with Gasteiger partial charge in [-0.2, -0.15) is 0 Å². The molecule has 3 atom stereocenters. The highest BCUT2D eigenvalue weighted by Crippen LogP contribution is 2.23. The molecule has 0 amide bonds. The summed E-state index contributed by atoms with van der Waals surface area (Å²) >= 11 is 0. The number of nitrogens with two attached hydrogens (primary N) is 1. The van der Waals surface area contributed by atoms with Crippen molar-refractivity contribution >= 4 is 0 Å². The molecule has 1 heterocycles. The molecule has 0 aliphatic carbocycles. The number of nitrogens with zero attached hydrogens (tertiary/aromatic N) is 1. The summed E-state index contributed by atoms with van der Waals surface area (Å²) in [6.07, 6.45) is 4.08. The van der Waals surface area contributed by atoms with Crippen LogP contribution in [0.2, 0.25) is 0 Å². The second-order valence-electron chi connectivity index (χ2n) is 4.63. The van der Waals surface area contributed by atoms with E-state index in [1.54, 1.807) is 0 Å². The molecule has 1 aliphatic heterocycles. The van der Waals surface area contributed by atoms with Gasteiger partial charge in [-0.3, -0.25) is 4.90 Å². The lowest BCUT2D eigenvalue weighted by atomic mass is 9.91. The van der Waals surface area contributed by atoms with Crippen LogP contribution in [0.1, 0.15) is 40.0 Å². The summed E-state index contributed by atoms with van der Waals surface area (Å²) in [5, 5.41) is 0. The van der Waals surface area contributed by atoms with Crippen molar-refractivity contribution in [1.82, 2.24) is 4.90 Å². The zero-order valence-electron chi connectivity index (χ0n) is 9.29. The molecule has 0 radical (unpaired) electrons. The van der Waals surface area contributed by atoms with Crippen LogP contribution in [0.25, 0.3) is 0 Å². The Bertz CT molecular complexity index is 145. The highest BCUT2D eigenvalue weighted by Gasteiger charge is 2.24. The summed E-state index contributed by atoms with van der Waals surface area (Å²) in [4.78, 5) is 2.56. The molecule has 0 aromatic carbocycles. The number of likely N-dealkylation sites (tertiary alicyclic amines) is 1. The van der Waals surface area contributed by atoms with Crippen molar-refractivity contribution in [3.05, 3.63) is 0 Å². The Morgan fingerprint density at radius 3 is 2.69 bits per heavy atom. The van der Waals surface area contributed by atoms with Gasteiger partial charge in [0.05, 0.1) is 0 Å². The molecule has 0 aromatic heterocycles. The van der Waals surface area contributed by atoms with Gasteiger partial charge in [-0.25, -0.2) is 0 Å². The van der Waals surface area contributed by atoms with Gasteiger partial charge in [-0.1, -0.05) is 13.3 Å². The SMILES string of the molecule is CC[C@@H]1CC[C@H](C)N(C[C@H](C)N)C1. The van der Waals surface area contributed by atoms with Crippen LogP contribution >= 0.6 is 0 Å². The summed E-state index contributed by atoms with van der Waals surface area (Å²) < 4.78 is 0. The van der Waals surface area contributed by atoms with E-state index in [1.165, 1.54) is 25.8 Å². The largest absolute Gasteiger partial charge is 0.327 e. The van der Waals surface area contributed by atoms with E-state index in [0.29, 0.717) is 6.04 Å². The van der Waals surface area contributed by atoms with Gasteiger partial charge in [0.1, 0.15) is 0 Å². The van der Waals surface area contributed by atoms with Gasteiger partial charge < -0.3 is 5.73 Å². The highest BCUT2D eigenvalue weighted by atomic mass is 15.2. The van der Waals surface area contributed by atoms with Crippen LogP contribution in [0.5, 0.6) is 0 Å². The van der Waals surface area contributed by atoms with Crippen molar-refractivity contribution in [3.63, 3.8) is 0 Å². The molecular formula is C11H24N2. The maximum Gasteiger partial charge on any atom is 0.0139 e. The van der Waals surface area contributed by atoms with Crippen molar-refractivity contribution in [1.29, 1.82) is 0 Å². The molecule has 0 unspecified atom stereocenters. The first kappa shape index (κ1) is 11.0. The van der Waals surface area contributed by atoms with Gasteiger partial charge in [-0.15, -0.1) is 0 Å². The Labute approximate surface area is 82.5 Å². The molecular weight excluding hydrogens is 160 g/mol. The molecule has 1 rings (SSSR count). The average Bonchev–Trinajstić information content (AvgIpc) is 2.08. The number of hydrogen-bond donors (Lipinski definition) is 1. The third kappa shape index (κ3) is 3.28. The molecule has 78 valence electrons. The van der Waals surface area contributed by atoms with Crippen LogP contribution in [0.4, 0.5) is 0 Å². The Morgan fingerprint density at radius 1 is 1.46 bits per heavy atom. The molecule has 1 saturated heterocycles. The first-order valence-corrected chi connectivity index (χ1v) is 5.63. The fourth-order valence-corrected chi connectivity index (χ4v) is 2.22.